The van der Waals surface area contributed by atoms with E-state index in [4.69, 9.17) is 5.73 Å². The summed E-state index contributed by atoms with van der Waals surface area (Å²) < 4.78 is 42.4. The zero-order chi connectivity index (χ0) is 25.7. The lowest BCUT2D eigenvalue weighted by molar-refractivity contribution is 0.598. The molecule has 36 heavy (non-hydrogen) atoms. The predicted molar refractivity (Wildman–Crippen MR) is 142 cm³/mol. The number of pyridine rings is 1. The molecular formula is C26H29FN6O2S. The van der Waals surface area contributed by atoms with Crippen molar-refractivity contribution in [2.24, 2.45) is 5.73 Å². The minimum Gasteiger partial charge on any atom is -0.354 e. The Balaban J connectivity index is 1.62. The van der Waals surface area contributed by atoms with Gasteiger partial charge in [0.25, 0.3) is 0 Å². The van der Waals surface area contributed by atoms with Crippen molar-refractivity contribution in [2.45, 2.75) is 31.9 Å². The summed E-state index contributed by atoms with van der Waals surface area (Å²) in [5.41, 5.74) is 9.39. The van der Waals surface area contributed by atoms with Crippen molar-refractivity contribution < 1.29 is 12.8 Å². The molecule has 0 radical (unpaired) electrons. The molecule has 8 nitrogen and oxygen atoms in total. The second-order valence-electron chi connectivity index (χ2n) is 8.79. The lowest BCUT2D eigenvalue weighted by atomic mass is 9.99. The summed E-state index contributed by atoms with van der Waals surface area (Å²) in [5.74, 6) is -0.296. The molecule has 0 unspecified atom stereocenters. The zero-order valence-corrected chi connectivity index (χ0v) is 21.0. The molecule has 0 amide bonds. The number of hydrogen-bond donors (Lipinski definition) is 3. The molecule has 2 aromatic heterocycles. The normalized spacial score (nSPS) is 11.7. The first-order valence-electron chi connectivity index (χ1n) is 11.7. The molecule has 10 heteroatoms. The summed E-state index contributed by atoms with van der Waals surface area (Å²) in [4.78, 5) is 13.6. The van der Waals surface area contributed by atoms with Gasteiger partial charge >= 0.3 is 0 Å². The Bertz CT molecular complexity index is 1460. The maximum absolute atomic E-state index is 15.0. The number of nitrogens with two attached hydrogens (primary N) is 1. The number of fused-ring (bicyclic) bond motifs is 1. The molecule has 4 rings (SSSR count). The minimum atomic E-state index is -3.78. The summed E-state index contributed by atoms with van der Waals surface area (Å²) in [6.45, 7) is 5.35. The first kappa shape index (κ1) is 25.5. The summed E-state index contributed by atoms with van der Waals surface area (Å²) >= 11 is 0. The molecule has 0 bridgehead atoms. The Morgan fingerprint density at radius 1 is 1.06 bits per heavy atom. The minimum absolute atomic E-state index is 0.115. The van der Waals surface area contributed by atoms with E-state index in [1.165, 1.54) is 12.1 Å². The number of halogens is 1. The molecule has 4 N–H and O–H groups in total. The second-order valence-corrected chi connectivity index (χ2v) is 10.5. The van der Waals surface area contributed by atoms with Gasteiger partial charge in [0, 0.05) is 12.1 Å². The largest absolute Gasteiger partial charge is 0.354 e. The molecule has 0 spiro atoms. The third-order valence-corrected chi connectivity index (χ3v) is 6.84. The van der Waals surface area contributed by atoms with Gasteiger partial charge in [0.05, 0.1) is 28.8 Å². The maximum atomic E-state index is 15.0. The Labute approximate surface area is 210 Å². The molecule has 2 heterocycles. The van der Waals surface area contributed by atoms with Crippen molar-refractivity contribution in [1.29, 1.82) is 0 Å². The topological polar surface area (TPSA) is 123 Å². The highest BCUT2D eigenvalue weighted by Gasteiger charge is 2.17. The monoisotopic (exact) mass is 508 g/mol. The number of rotatable bonds is 10. The van der Waals surface area contributed by atoms with Gasteiger partial charge in [-0.15, -0.1) is 0 Å². The van der Waals surface area contributed by atoms with E-state index in [0.717, 1.165) is 17.5 Å². The van der Waals surface area contributed by atoms with E-state index in [0.29, 0.717) is 41.4 Å². The van der Waals surface area contributed by atoms with Gasteiger partial charge in [-0.3, -0.25) is 4.72 Å². The summed E-state index contributed by atoms with van der Waals surface area (Å²) in [5, 5.41) is 3.16. The Morgan fingerprint density at radius 3 is 2.53 bits per heavy atom. The van der Waals surface area contributed by atoms with Gasteiger partial charge < -0.3 is 11.1 Å². The van der Waals surface area contributed by atoms with Gasteiger partial charge in [-0.1, -0.05) is 50.2 Å². The van der Waals surface area contributed by atoms with Crippen LogP contribution in [0.1, 0.15) is 37.3 Å². The SMILES string of the molecule is CC(C)c1cc(-c2ccc(NS(=O)(=O)Cc3ccccc3)c(F)c2)nc2cnc(NCCCN)nc12. The number of hydrogen-bond acceptors (Lipinski definition) is 7. The summed E-state index contributed by atoms with van der Waals surface area (Å²) in [7, 11) is -3.78. The van der Waals surface area contributed by atoms with Crippen molar-refractivity contribution in [3.8, 4) is 11.3 Å². The van der Waals surface area contributed by atoms with E-state index in [1.54, 1.807) is 42.6 Å². The van der Waals surface area contributed by atoms with E-state index in [9.17, 15) is 12.8 Å². The maximum Gasteiger partial charge on any atom is 0.237 e. The van der Waals surface area contributed by atoms with Gasteiger partial charge in [0.2, 0.25) is 16.0 Å². The molecule has 0 aliphatic heterocycles. The summed E-state index contributed by atoms with van der Waals surface area (Å²) in [6, 6.07) is 15.0. The first-order chi connectivity index (χ1) is 17.3. The van der Waals surface area contributed by atoms with Crippen molar-refractivity contribution in [2.75, 3.05) is 23.1 Å². The average molecular weight is 509 g/mol. The van der Waals surface area contributed by atoms with Gasteiger partial charge in [-0.2, -0.15) is 0 Å². The number of nitrogens with zero attached hydrogens (tertiary/aromatic N) is 3. The molecular weight excluding hydrogens is 479 g/mol. The molecule has 0 aliphatic carbocycles. The van der Waals surface area contributed by atoms with Gasteiger partial charge in [0.1, 0.15) is 11.3 Å². The van der Waals surface area contributed by atoms with Crippen LogP contribution < -0.4 is 15.8 Å². The number of benzene rings is 2. The molecule has 0 saturated carbocycles. The van der Waals surface area contributed by atoms with Crippen LogP contribution in [0.15, 0.2) is 60.8 Å². The smallest absolute Gasteiger partial charge is 0.237 e. The number of nitrogens with one attached hydrogen (secondary N) is 2. The average Bonchev–Trinajstić information content (AvgIpc) is 2.85. The van der Waals surface area contributed by atoms with E-state index >= 15 is 0 Å². The van der Waals surface area contributed by atoms with Crippen LogP contribution in [-0.2, 0) is 15.8 Å². The highest BCUT2D eigenvalue weighted by atomic mass is 32.2. The van der Waals surface area contributed by atoms with Crippen molar-refractivity contribution >= 4 is 32.7 Å². The molecule has 0 saturated heterocycles. The predicted octanol–water partition coefficient (Wildman–Crippen LogP) is 4.66. The Kier molecular flexibility index (Phi) is 7.76. The molecule has 4 aromatic rings. The van der Waals surface area contributed by atoms with Crippen LogP contribution in [0.5, 0.6) is 0 Å². The van der Waals surface area contributed by atoms with E-state index in [2.05, 4.69) is 25.0 Å². The van der Waals surface area contributed by atoms with Crippen LogP contribution in [0.4, 0.5) is 16.0 Å². The fraction of sp³-hybridized carbons (Fsp3) is 0.269. The molecule has 188 valence electrons. The number of anilines is 2. The highest BCUT2D eigenvalue weighted by molar-refractivity contribution is 7.91. The van der Waals surface area contributed by atoms with Crippen LogP contribution in [-0.4, -0.2) is 36.5 Å². The molecule has 2 aromatic carbocycles. The number of sulfonamides is 1. The van der Waals surface area contributed by atoms with E-state index in [-0.39, 0.29) is 17.4 Å². The van der Waals surface area contributed by atoms with Crippen molar-refractivity contribution in [3.05, 3.63) is 77.7 Å². The van der Waals surface area contributed by atoms with Crippen molar-refractivity contribution in [1.82, 2.24) is 15.0 Å². The van der Waals surface area contributed by atoms with Crippen molar-refractivity contribution in [3.63, 3.8) is 0 Å². The standard InChI is InChI=1S/C26H29FN6O2S/c1-17(2)20-14-23(31-24-15-30-26(32-25(20)24)29-12-6-11-28)19-9-10-22(21(27)13-19)33-36(34,35)16-18-7-4-3-5-8-18/h3-5,7-10,13-15,17,33H,6,11-12,16,28H2,1-2H3,(H,29,30,32). The Hall–Kier alpha value is -3.63. The van der Waals surface area contributed by atoms with Crippen LogP contribution >= 0.6 is 0 Å². The fourth-order valence-electron chi connectivity index (χ4n) is 3.78. The zero-order valence-electron chi connectivity index (χ0n) is 20.2. The van der Waals surface area contributed by atoms with E-state index in [1.807, 2.05) is 19.9 Å². The van der Waals surface area contributed by atoms with Gasteiger partial charge in [-0.25, -0.2) is 27.8 Å². The fourth-order valence-corrected chi connectivity index (χ4v) is 4.98. The first-order valence-corrected chi connectivity index (χ1v) is 13.4. The third-order valence-electron chi connectivity index (χ3n) is 5.59. The molecule has 0 aliphatic rings. The Morgan fingerprint density at radius 2 is 1.83 bits per heavy atom. The van der Waals surface area contributed by atoms with Gasteiger partial charge in [0.15, 0.2) is 0 Å². The molecule has 0 atom stereocenters. The van der Waals surface area contributed by atoms with Gasteiger partial charge in [-0.05, 0) is 48.2 Å². The third kappa shape index (κ3) is 6.13. The molecule has 0 fully saturated rings. The van der Waals surface area contributed by atoms with E-state index < -0.39 is 15.8 Å². The number of aromatic nitrogens is 3. The summed E-state index contributed by atoms with van der Waals surface area (Å²) in [6.07, 6.45) is 2.45. The van der Waals surface area contributed by atoms with Crippen LogP contribution in [0, 0.1) is 5.82 Å². The van der Waals surface area contributed by atoms with Crippen LogP contribution in [0.3, 0.4) is 0 Å². The van der Waals surface area contributed by atoms with Crippen LogP contribution in [0.25, 0.3) is 22.3 Å². The highest BCUT2D eigenvalue weighted by Crippen LogP contribution is 2.30. The second kappa shape index (κ2) is 11.0. The lowest BCUT2D eigenvalue weighted by Gasteiger charge is -2.14. The lowest BCUT2D eigenvalue weighted by Crippen LogP contribution is -2.16. The quantitative estimate of drug-likeness (QED) is 0.266. The van der Waals surface area contributed by atoms with Crippen LogP contribution in [0.2, 0.25) is 0 Å².